The van der Waals surface area contributed by atoms with E-state index in [1.165, 1.54) is 0 Å². The molecule has 1 aliphatic heterocycles. The molecule has 0 spiro atoms. The number of nitrogens with one attached hydrogen (secondary N) is 1. The largest absolute Gasteiger partial charge is 0.444 e. The summed E-state index contributed by atoms with van der Waals surface area (Å²) < 4.78 is 5.23. The Kier molecular flexibility index (Phi) is 4.15. The average molecular weight is 230 g/mol. The summed E-state index contributed by atoms with van der Waals surface area (Å²) in [6.45, 7) is 9.17. The van der Waals surface area contributed by atoms with Gasteiger partial charge in [0, 0.05) is 25.7 Å². The molecule has 5 nitrogen and oxygen atoms in total. The molecule has 1 aliphatic rings. The Morgan fingerprint density at radius 1 is 1.56 bits per heavy atom. The number of carbonyl (C=O) groups excluding carboxylic acids is 1. The van der Waals surface area contributed by atoms with Crippen LogP contribution in [0.15, 0.2) is 0 Å². The normalized spacial score (nSPS) is 19.2. The Hall–Kier alpha value is -0.810. The highest BCUT2D eigenvalue weighted by Gasteiger charge is 2.33. The van der Waals surface area contributed by atoms with E-state index in [0.717, 1.165) is 0 Å². The van der Waals surface area contributed by atoms with Gasteiger partial charge in [-0.15, -0.1) is 0 Å². The number of carbonyl (C=O) groups is 1. The topological polar surface area (TPSA) is 61.8 Å². The maximum Gasteiger partial charge on any atom is 0.410 e. The molecule has 1 saturated heterocycles. The summed E-state index contributed by atoms with van der Waals surface area (Å²) in [4.78, 5) is 13.2. The SMILES string of the molecule is CC(O)CNC1CN(C(=O)OC(C)(C)C)C1. The van der Waals surface area contributed by atoms with Crippen molar-refractivity contribution in [1.82, 2.24) is 10.2 Å². The summed E-state index contributed by atoms with van der Waals surface area (Å²) in [6.07, 6.45) is -0.613. The summed E-state index contributed by atoms with van der Waals surface area (Å²) in [7, 11) is 0. The third kappa shape index (κ3) is 4.37. The molecule has 1 fully saturated rings. The molecule has 0 aromatic heterocycles. The van der Waals surface area contributed by atoms with Gasteiger partial charge in [-0.2, -0.15) is 0 Å². The Balaban J connectivity index is 2.18. The zero-order valence-electron chi connectivity index (χ0n) is 10.5. The maximum atomic E-state index is 11.6. The van der Waals surface area contributed by atoms with Gasteiger partial charge in [-0.3, -0.25) is 0 Å². The molecular formula is C11H22N2O3. The molecule has 16 heavy (non-hydrogen) atoms. The van der Waals surface area contributed by atoms with E-state index in [2.05, 4.69) is 5.32 Å². The van der Waals surface area contributed by atoms with Crippen LogP contribution in [0.4, 0.5) is 4.79 Å². The first-order chi connectivity index (χ1) is 7.28. The van der Waals surface area contributed by atoms with Gasteiger partial charge in [0.15, 0.2) is 0 Å². The molecule has 0 aromatic rings. The Morgan fingerprint density at radius 3 is 2.56 bits per heavy atom. The predicted molar refractivity (Wildman–Crippen MR) is 61.3 cm³/mol. The summed E-state index contributed by atoms with van der Waals surface area (Å²) in [5.74, 6) is 0. The molecule has 1 atom stereocenters. The molecule has 94 valence electrons. The third-order valence-corrected chi connectivity index (χ3v) is 2.24. The number of hydrogen-bond donors (Lipinski definition) is 2. The summed E-state index contributed by atoms with van der Waals surface area (Å²) in [6, 6.07) is 0.280. The fraction of sp³-hybridized carbons (Fsp3) is 0.909. The highest BCUT2D eigenvalue weighted by Crippen LogP contribution is 2.14. The first-order valence-corrected chi connectivity index (χ1v) is 5.67. The van der Waals surface area contributed by atoms with Gasteiger partial charge in [0.1, 0.15) is 5.60 Å². The number of rotatable bonds is 3. The lowest BCUT2D eigenvalue weighted by Gasteiger charge is -2.40. The maximum absolute atomic E-state index is 11.6. The van der Waals surface area contributed by atoms with Crippen molar-refractivity contribution in [2.45, 2.75) is 45.4 Å². The fourth-order valence-electron chi connectivity index (χ4n) is 1.42. The molecule has 1 rings (SSSR count). The Bertz CT molecular complexity index is 242. The molecular weight excluding hydrogens is 208 g/mol. The van der Waals surface area contributed by atoms with Crippen molar-refractivity contribution in [1.29, 1.82) is 0 Å². The van der Waals surface area contributed by atoms with Crippen molar-refractivity contribution >= 4 is 6.09 Å². The van der Waals surface area contributed by atoms with E-state index >= 15 is 0 Å². The molecule has 0 radical (unpaired) electrons. The summed E-state index contributed by atoms with van der Waals surface area (Å²) in [5.41, 5.74) is -0.435. The van der Waals surface area contributed by atoms with Crippen molar-refractivity contribution in [3.05, 3.63) is 0 Å². The number of aliphatic hydroxyl groups excluding tert-OH is 1. The Labute approximate surface area is 96.8 Å². The van der Waals surface area contributed by atoms with Gasteiger partial charge < -0.3 is 20.1 Å². The zero-order valence-corrected chi connectivity index (χ0v) is 10.5. The molecule has 0 aromatic carbocycles. The molecule has 1 unspecified atom stereocenters. The van der Waals surface area contributed by atoms with E-state index in [1.807, 2.05) is 20.8 Å². The van der Waals surface area contributed by atoms with Crippen LogP contribution in [0.5, 0.6) is 0 Å². The van der Waals surface area contributed by atoms with Crippen LogP contribution >= 0.6 is 0 Å². The molecule has 2 N–H and O–H groups in total. The number of ether oxygens (including phenoxy) is 1. The molecule has 1 heterocycles. The van der Waals surface area contributed by atoms with E-state index in [0.29, 0.717) is 19.6 Å². The number of likely N-dealkylation sites (tertiary alicyclic amines) is 1. The first-order valence-electron chi connectivity index (χ1n) is 5.67. The van der Waals surface area contributed by atoms with Crippen LogP contribution in [0.2, 0.25) is 0 Å². The van der Waals surface area contributed by atoms with Gasteiger partial charge in [0.2, 0.25) is 0 Å². The standard InChI is InChI=1S/C11H22N2O3/c1-8(14)5-12-9-6-13(7-9)10(15)16-11(2,3)4/h8-9,12,14H,5-7H2,1-4H3. The zero-order chi connectivity index (χ0) is 12.3. The average Bonchev–Trinajstić information content (AvgIpc) is 1.96. The first kappa shape index (κ1) is 13.3. The third-order valence-electron chi connectivity index (χ3n) is 2.24. The lowest BCUT2D eigenvalue weighted by atomic mass is 10.1. The van der Waals surface area contributed by atoms with E-state index in [4.69, 9.17) is 9.84 Å². The quantitative estimate of drug-likeness (QED) is 0.744. The van der Waals surface area contributed by atoms with Crippen LogP contribution in [0.3, 0.4) is 0 Å². The highest BCUT2D eigenvalue weighted by molar-refractivity contribution is 5.69. The van der Waals surface area contributed by atoms with Gasteiger partial charge in [0.25, 0.3) is 0 Å². The minimum atomic E-state index is -0.435. The lowest BCUT2D eigenvalue weighted by molar-refractivity contribution is 0.00444. The van der Waals surface area contributed by atoms with Gasteiger partial charge in [-0.1, -0.05) is 0 Å². The second-order valence-electron chi connectivity index (χ2n) is 5.34. The van der Waals surface area contributed by atoms with Crippen LogP contribution in [-0.2, 0) is 4.74 Å². The smallest absolute Gasteiger partial charge is 0.410 e. The van der Waals surface area contributed by atoms with E-state index in [-0.39, 0.29) is 18.2 Å². The molecule has 0 bridgehead atoms. The van der Waals surface area contributed by atoms with Crippen LogP contribution in [0.25, 0.3) is 0 Å². The predicted octanol–water partition coefficient (Wildman–Crippen LogP) is 0.576. The highest BCUT2D eigenvalue weighted by atomic mass is 16.6. The second-order valence-corrected chi connectivity index (χ2v) is 5.34. The molecule has 0 saturated carbocycles. The van der Waals surface area contributed by atoms with E-state index < -0.39 is 5.60 Å². The van der Waals surface area contributed by atoms with Gasteiger partial charge in [0.05, 0.1) is 6.10 Å². The molecule has 5 heteroatoms. The summed E-state index contributed by atoms with van der Waals surface area (Å²) >= 11 is 0. The number of hydrogen-bond acceptors (Lipinski definition) is 4. The number of nitrogens with zero attached hydrogens (tertiary/aromatic N) is 1. The van der Waals surface area contributed by atoms with Crippen molar-refractivity contribution in [2.75, 3.05) is 19.6 Å². The van der Waals surface area contributed by atoms with Crippen molar-refractivity contribution in [3.63, 3.8) is 0 Å². The number of aliphatic hydroxyl groups is 1. The van der Waals surface area contributed by atoms with E-state index in [1.54, 1.807) is 11.8 Å². The second kappa shape index (κ2) is 5.01. The van der Waals surface area contributed by atoms with Gasteiger partial charge in [-0.25, -0.2) is 4.79 Å². The van der Waals surface area contributed by atoms with Crippen molar-refractivity contribution < 1.29 is 14.6 Å². The molecule has 1 amide bonds. The van der Waals surface area contributed by atoms with Crippen LogP contribution < -0.4 is 5.32 Å². The van der Waals surface area contributed by atoms with Gasteiger partial charge in [-0.05, 0) is 27.7 Å². The molecule has 0 aliphatic carbocycles. The van der Waals surface area contributed by atoms with Crippen LogP contribution in [0, 0.1) is 0 Å². The number of amides is 1. The lowest BCUT2D eigenvalue weighted by Crippen LogP contribution is -2.61. The van der Waals surface area contributed by atoms with Crippen molar-refractivity contribution in [2.24, 2.45) is 0 Å². The minimum absolute atomic E-state index is 0.261. The van der Waals surface area contributed by atoms with E-state index in [9.17, 15) is 4.79 Å². The fourth-order valence-corrected chi connectivity index (χ4v) is 1.42. The van der Waals surface area contributed by atoms with Crippen molar-refractivity contribution in [3.8, 4) is 0 Å². The summed E-state index contributed by atoms with van der Waals surface area (Å²) in [5, 5.41) is 12.2. The van der Waals surface area contributed by atoms with Gasteiger partial charge >= 0.3 is 6.09 Å². The van der Waals surface area contributed by atoms with Crippen LogP contribution in [-0.4, -0.2) is 53.5 Å². The monoisotopic (exact) mass is 230 g/mol. The Morgan fingerprint density at radius 2 is 2.12 bits per heavy atom. The minimum Gasteiger partial charge on any atom is -0.444 e. The van der Waals surface area contributed by atoms with Crippen LogP contribution in [0.1, 0.15) is 27.7 Å².